The highest BCUT2D eigenvalue weighted by atomic mass is 16.1. The predicted molar refractivity (Wildman–Crippen MR) is 68.4 cm³/mol. The summed E-state index contributed by atoms with van der Waals surface area (Å²) >= 11 is 0. The Bertz CT molecular complexity index is 578. The maximum atomic E-state index is 11.9. The van der Waals surface area contributed by atoms with Crippen molar-refractivity contribution in [3.05, 3.63) is 33.9 Å². The second kappa shape index (κ2) is 4.35. The number of hydrogen-bond donors (Lipinski definition) is 1. The van der Waals surface area contributed by atoms with Gasteiger partial charge in [-0.15, -0.1) is 0 Å². The summed E-state index contributed by atoms with van der Waals surface area (Å²) < 4.78 is 1.51. The molecule has 4 heteroatoms. The summed E-state index contributed by atoms with van der Waals surface area (Å²) in [4.78, 5) is 16.4. The Morgan fingerprint density at radius 3 is 2.59 bits per heavy atom. The van der Waals surface area contributed by atoms with E-state index in [0.29, 0.717) is 11.8 Å². The number of nitrogens with zero attached hydrogens (tertiary/aromatic N) is 2. The molecule has 0 radical (unpaired) electrons. The molecule has 0 aliphatic rings. The first-order chi connectivity index (χ1) is 7.97. The molecule has 0 spiro atoms. The normalized spacial score (nSPS) is 11.9. The number of aromatic nitrogens is 3. The average molecular weight is 233 g/mol. The number of rotatable bonds is 3. The average Bonchev–Trinajstić information content (AvgIpc) is 2.60. The molecule has 0 amide bonds. The van der Waals surface area contributed by atoms with Crippen molar-refractivity contribution in [2.45, 2.75) is 40.0 Å². The summed E-state index contributed by atoms with van der Waals surface area (Å²) in [5.41, 5.74) is 1.75. The molecular weight excluding hydrogens is 214 g/mol. The van der Waals surface area contributed by atoms with Gasteiger partial charge in [0, 0.05) is 12.0 Å². The highest BCUT2D eigenvalue weighted by molar-refractivity contribution is 5.40. The van der Waals surface area contributed by atoms with Crippen LogP contribution >= 0.6 is 0 Å². The lowest BCUT2D eigenvalue weighted by atomic mass is 10.0. The number of aromatic amines is 1. The van der Waals surface area contributed by atoms with Crippen LogP contribution in [0.5, 0.6) is 0 Å². The van der Waals surface area contributed by atoms with Gasteiger partial charge in [0.05, 0.1) is 0 Å². The van der Waals surface area contributed by atoms with E-state index in [-0.39, 0.29) is 5.56 Å². The smallest absolute Gasteiger partial charge is 0.271 e. The van der Waals surface area contributed by atoms with E-state index in [1.54, 1.807) is 6.07 Å². The van der Waals surface area contributed by atoms with Crippen LogP contribution in [0.3, 0.4) is 0 Å². The molecule has 17 heavy (non-hydrogen) atoms. The van der Waals surface area contributed by atoms with E-state index in [2.05, 4.69) is 37.8 Å². The van der Waals surface area contributed by atoms with Crippen LogP contribution in [0.2, 0.25) is 0 Å². The highest BCUT2D eigenvalue weighted by Gasteiger charge is 2.09. The monoisotopic (exact) mass is 233 g/mol. The maximum absolute atomic E-state index is 11.9. The van der Waals surface area contributed by atoms with Gasteiger partial charge in [0.25, 0.3) is 5.56 Å². The Balaban J connectivity index is 2.53. The van der Waals surface area contributed by atoms with Crippen LogP contribution in [0.15, 0.2) is 16.9 Å². The van der Waals surface area contributed by atoms with Gasteiger partial charge >= 0.3 is 0 Å². The fourth-order valence-corrected chi connectivity index (χ4v) is 1.91. The highest BCUT2D eigenvalue weighted by Crippen LogP contribution is 2.12. The molecule has 2 aromatic heterocycles. The summed E-state index contributed by atoms with van der Waals surface area (Å²) in [7, 11) is 0. The van der Waals surface area contributed by atoms with Gasteiger partial charge in [-0.05, 0) is 24.0 Å². The van der Waals surface area contributed by atoms with Crippen LogP contribution in [-0.2, 0) is 6.42 Å². The SMILES string of the molecule is CC(C)Cc1cc(=O)n2[nH]c(C(C)C)nc2c1. The summed E-state index contributed by atoms with van der Waals surface area (Å²) in [6.07, 6.45) is 0.912. The van der Waals surface area contributed by atoms with Crippen molar-refractivity contribution in [2.75, 3.05) is 0 Å². The molecule has 0 fully saturated rings. The molecule has 0 atom stereocenters. The third kappa shape index (κ3) is 2.40. The fourth-order valence-electron chi connectivity index (χ4n) is 1.91. The Kier molecular flexibility index (Phi) is 3.05. The quantitative estimate of drug-likeness (QED) is 0.884. The van der Waals surface area contributed by atoms with Gasteiger partial charge in [0.15, 0.2) is 5.65 Å². The lowest BCUT2D eigenvalue weighted by Gasteiger charge is -2.03. The van der Waals surface area contributed by atoms with Gasteiger partial charge in [-0.2, -0.15) is 0 Å². The van der Waals surface area contributed by atoms with E-state index < -0.39 is 0 Å². The van der Waals surface area contributed by atoms with E-state index in [0.717, 1.165) is 23.5 Å². The van der Waals surface area contributed by atoms with Gasteiger partial charge in [-0.25, -0.2) is 9.50 Å². The molecule has 0 bridgehead atoms. The van der Waals surface area contributed by atoms with E-state index in [1.807, 2.05) is 6.07 Å². The lowest BCUT2D eigenvalue weighted by molar-refractivity contribution is 0.645. The van der Waals surface area contributed by atoms with Crippen LogP contribution in [0, 0.1) is 5.92 Å². The van der Waals surface area contributed by atoms with Crippen LogP contribution in [0.1, 0.15) is 45.0 Å². The van der Waals surface area contributed by atoms with Gasteiger partial charge in [0.1, 0.15) is 5.82 Å². The van der Waals surface area contributed by atoms with Crippen molar-refractivity contribution in [1.82, 2.24) is 14.6 Å². The zero-order chi connectivity index (χ0) is 12.6. The number of nitrogens with one attached hydrogen (secondary N) is 1. The molecule has 0 aromatic carbocycles. The minimum absolute atomic E-state index is 0.0300. The Morgan fingerprint density at radius 1 is 1.29 bits per heavy atom. The molecule has 92 valence electrons. The molecular formula is C13H19N3O. The van der Waals surface area contributed by atoms with Crippen LogP contribution in [0.25, 0.3) is 5.65 Å². The topological polar surface area (TPSA) is 50.2 Å². The van der Waals surface area contributed by atoms with E-state index in [4.69, 9.17) is 0 Å². The molecule has 0 aliphatic carbocycles. The minimum Gasteiger partial charge on any atom is -0.276 e. The van der Waals surface area contributed by atoms with Crippen molar-refractivity contribution < 1.29 is 0 Å². The Hall–Kier alpha value is -1.58. The molecule has 0 aliphatic heterocycles. The van der Waals surface area contributed by atoms with Gasteiger partial charge in [-0.1, -0.05) is 27.7 Å². The van der Waals surface area contributed by atoms with E-state index in [9.17, 15) is 4.79 Å². The third-order valence-corrected chi connectivity index (χ3v) is 2.73. The van der Waals surface area contributed by atoms with Crippen LogP contribution in [0.4, 0.5) is 0 Å². The second-order valence-corrected chi connectivity index (χ2v) is 5.26. The minimum atomic E-state index is -0.0300. The Morgan fingerprint density at radius 2 is 2.00 bits per heavy atom. The lowest BCUT2D eigenvalue weighted by Crippen LogP contribution is -2.14. The van der Waals surface area contributed by atoms with Gasteiger partial charge in [0.2, 0.25) is 0 Å². The third-order valence-electron chi connectivity index (χ3n) is 2.73. The molecule has 0 unspecified atom stereocenters. The van der Waals surface area contributed by atoms with Crippen molar-refractivity contribution in [3.8, 4) is 0 Å². The second-order valence-electron chi connectivity index (χ2n) is 5.26. The first-order valence-corrected chi connectivity index (χ1v) is 6.09. The number of H-pyrrole nitrogens is 1. The molecule has 2 rings (SSSR count). The summed E-state index contributed by atoms with van der Waals surface area (Å²) in [5.74, 6) is 1.69. The number of fused-ring (bicyclic) bond motifs is 1. The molecule has 0 saturated carbocycles. The summed E-state index contributed by atoms with van der Waals surface area (Å²) in [6.45, 7) is 8.40. The van der Waals surface area contributed by atoms with Crippen molar-refractivity contribution in [1.29, 1.82) is 0 Å². The van der Waals surface area contributed by atoms with Crippen molar-refractivity contribution in [3.63, 3.8) is 0 Å². The van der Waals surface area contributed by atoms with E-state index in [1.165, 1.54) is 4.52 Å². The van der Waals surface area contributed by atoms with Crippen LogP contribution < -0.4 is 5.56 Å². The van der Waals surface area contributed by atoms with Crippen molar-refractivity contribution >= 4 is 5.65 Å². The molecule has 2 heterocycles. The zero-order valence-corrected chi connectivity index (χ0v) is 10.8. The van der Waals surface area contributed by atoms with E-state index >= 15 is 0 Å². The summed E-state index contributed by atoms with van der Waals surface area (Å²) in [6, 6.07) is 3.68. The molecule has 4 nitrogen and oxygen atoms in total. The zero-order valence-electron chi connectivity index (χ0n) is 10.8. The largest absolute Gasteiger partial charge is 0.276 e. The first-order valence-electron chi connectivity index (χ1n) is 6.09. The molecule has 1 N–H and O–H groups in total. The Labute approximate surface area is 101 Å². The van der Waals surface area contributed by atoms with Gasteiger partial charge < -0.3 is 0 Å². The first kappa shape index (κ1) is 11.9. The number of hydrogen-bond acceptors (Lipinski definition) is 2. The summed E-state index contributed by atoms with van der Waals surface area (Å²) in [5, 5.41) is 3.04. The fraction of sp³-hybridized carbons (Fsp3) is 0.538. The standard InChI is InChI=1S/C13H19N3O/c1-8(2)5-10-6-11-14-13(9(3)4)15-16(11)12(17)7-10/h6-9H,5H2,1-4H3,(H,14,15). The van der Waals surface area contributed by atoms with Crippen LogP contribution in [-0.4, -0.2) is 14.6 Å². The predicted octanol–water partition coefficient (Wildman–Crippen LogP) is 2.34. The van der Waals surface area contributed by atoms with Crippen molar-refractivity contribution in [2.24, 2.45) is 5.92 Å². The van der Waals surface area contributed by atoms with Gasteiger partial charge in [-0.3, -0.25) is 9.89 Å². The molecule has 2 aromatic rings. The number of pyridine rings is 1. The maximum Gasteiger partial charge on any atom is 0.271 e. The molecule has 0 saturated heterocycles.